The molecule has 0 radical (unpaired) electrons. The first-order valence-corrected chi connectivity index (χ1v) is 6.34. The van der Waals surface area contributed by atoms with Crippen LogP contribution in [0.15, 0.2) is 33.6 Å². The van der Waals surface area contributed by atoms with E-state index in [2.05, 4.69) is 0 Å². The Bertz CT molecular complexity index is 618. The number of nitrogens with zero attached hydrogens (tertiary/aromatic N) is 2. The Morgan fingerprint density at radius 1 is 1.53 bits per heavy atom. The standard InChI is InChI=1S/C11H8N2O4S2/c1-12-10(14)8(19-11(12)18)4-2-3-7-5-6-9(17-7)13(15)16/h2-6H,1H3. The molecule has 0 aromatic carbocycles. The molecule has 0 atom stereocenters. The third-order valence-corrected chi connectivity index (χ3v) is 3.79. The minimum atomic E-state index is -0.612. The van der Waals surface area contributed by atoms with Gasteiger partial charge < -0.3 is 4.42 Å². The van der Waals surface area contributed by atoms with Gasteiger partial charge in [0.1, 0.15) is 15.0 Å². The molecule has 0 spiro atoms. The molecule has 1 aliphatic rings. The monoisotopic (exact) mass is 296 g/mol. The number of amides is 1. The van der Waals surface area contributed by atoms with Crippen molar-refractivity contribution < 1.29 is 14.1 Å². The zero-order valence-electron chi connectivity index (χ0n) is 9.73. The molecule has 1 saturated heterocycles. The van der Waals surface area contributed by atoms with Gasteiger partial charge in [0.25, 0.3) is 5.91 Å². The summed E-state index contributed by atoms with van der Waals surface area (Å²) < 4.78 is 5.43. The van der Waals surface area contributed by atoms with Crippen LogP contribution in [0, 0.1) is 10.1 Å². The van der Waals surface area contributed by atoms with Gasteiger partial charge >= 0.3 is 5.88 Å². The number of allylic oxidation sites excluding steroid dienone is 2. The van der Waals surface area contributed by atoms with Gasteiger partial charge in [-0.05, 0) is 18.2 Å². The van der Waals surface area contributed by atoms with Crippen LogP contribution in [0.5, 0.6) is 0 Å². The average Bonchev–Trinajstić information content (AvgIpc) is 2.92. The fraction of sp³-hybridized carbons (Fsp3) is 0.0909. The number of nitro groups is 1. The highest BCUT2D eigenvalue weighted by Crippen LogP contribution is 2.29. The highest BCUT2D eigenvalue weighted by Gasteiger charge is 2.27. The summed E-state index contributed by atoms with van der Waals surface area (Å²) in [4.78, 5) is 23.4. The fourth-order valence-corrected chi connectivity index (χ4v) is 2.45. The predicted molar refractivity (Wildman–Crippen MR) is 75.4 cm³/mol. The van der Waals surface area contributed by atoms with Crippen molar-refractivity contribution in [2.24, 2.45) is 0 Å². The second-order valence-electron chi connectivity index (χ2n) is 3.56. The van der Waals surface area contributed by atoms with Crippen LogP contribution in [0.1, 0.15) is 5.76 Å². The molecule has 1 amide bonds. The van der Waals surface area contributed by atoms with Crippen LogP contribution >= 0.6 is 24.0 Å². The molecular formula is C11H8N2O4S2. The lowest BCUT2D eigenvalue weighted by molar-refractivity contribution is -0.402. The van der Waals surface area contributed by atoms with E-state index in [9.17, 15) is 14.9 Å². The number of thiocarbonyl (C=S) groups is 1. The van der Waals surface area contributed by atoms with Gasteiger partial charge in [0.05, 0.1) is 11.0 Å². The van der Waals surface area contributed by atoms with E-state index >= 15 is 0 Å². The van der Waals surface area contributed by atoms with E-state index in [1.807, 2.05) is 0 Å². The second kappa shape index (κ2) is 5.37. The first-order chi connectivity index (χ1) is 8.99. The van der Waals surface area contributed by atoms with Gasteiger partial charge in [-0.3, -0.25) is 19.8 Å². The van der Waals surface area contributed by atoms with E-state index in [1.54, 1.807) is 19.2 Å². The average molecular weight is 296 g/mol. The molecule has 2 heterocycles. The largest absolute Gasteiger partial charge is 0.433 e. The van der Waals surface area contributed by atoms with Gasteiger partial charge in [0.2, 0.25) is 0 Å². The van der Waals surface area contributed by atoms with E-state index < -0.39 is 4.92 Å². The molecule has 1 fully saturated rings. The molecule has 2 rings (SSSR count). The topological polar surface area (TPSA) is 76.6 Å². The third-order valence-electron chi connectivity index (χ3n) is 2.29. The Balaban J connectivity index is 2.09. The Labute approximate surface area is 117 Å². The van der Waals surface area contributed by atoms with Crippen LogP contribution in [0.4, 0.5) is 5.88 Å². The summed E-state index contributed by atoms with van der Waals surface area (Å²) >= 11 is 6.19. The molecular weight excluding hydrogens is 288 g/mol. The van der Waals surface area contributed by atoms with Gasteiger partial charge in [0.15, 0.2) is 0 Å². The van der Waals surface area contributed by atoms with Crippen LogP contribution in [-0.2, 0) is 4.79 Å². The lowest BCUT2D eigenvalue weighted by Gasteiger charge is -2.03. The van der Waals surface area contributed by atoms with Gasteiger partial charge in [-0.25, -0.2) is 0 Å². The maximum Gasteiger partial charge on any atom is 0.433 e. The smallest absolute Gasteiger partial charge is 0.401 e. The third kappa shape index (κ3) is 2.91. The Kier molecular flexibility index (Phi) is 3.82. The Morgan fingerprint density at radius 2 is 2.26 bits per heavy atom. The quantitative estimate of drug-likeness (QED) is 0.369. The summed E-state index contributed by atoms with van der Waals surface area (Å²) in [5, 5.41) is 10.4. The number of hydrogen-bond acceptors (Lipinski definition) is 6. The molecule has 0 aliphatic carbocycles. The lowest BCUT2D eigenvalue weighted by Crippen LogP contribution is -2.22. The first kappa shape index (κ1) is 13.5. The lowest BCUT2D eigenvalue weighted by atomic mass is 10.3. The number of carbonyl (C=O) groups excluding carboxylic acids is 1. The van der Waals surface area contributed by atoms with E-state index in [4.69, 9.17) is 16.6 Å². The first-order valence-electron chi connectivity index (χ1n) is 5.11. The molecule has 19 heavy (non-hydrogen) atoms. The molecule has 0 saturated carbocycles. The van der Waals surface area contributed by atoms with Crippen molar-refractivity contribution in [1.29, 1.82) is 0 Å². The maximum absolute atomic E-state index is 11.7. The highest BCUT2D eigenvalue weighted by atomic mass is 32.2. The minimum Gasteiger partial charge on any atom is -0.401 e. The SMILES string of the molecule is CN1C(=O)C(=CC=Cc2ccc([N+](=O)[O-])o2)SC1=S. The van der Waals surface area contributed by atoms with Gasteiger partial charge in [-0.15, -0.1) is 0 Å². The summed E-state index contributed by atoms with van der Waals surface area (Å²) in [7, 11) is 1.61. The number of thioether (sulfide) groups is 1. The number of rotatable bonds is 3. The van der Waals surface area contributed by atoms with E-state index in [0.717, 1.165) is 0 Å². The molecule has 1 aliphatic heterocycles. The summed E-state index contributed by atoms with van der Waals surface area (Å²) in [5.41, 5.74) is 0. The zero-order chi connectivity index (χ0) is 14.0. The molecule has 0 unspecified atom stereocenters. The number of carbonyl (C=O) groups is 1. The molecule has 6 nitrogen and oxygen atoms in total. The summed E-state index contributed by atoms with van der Waals surface area (Å²) in [6.07, 6.45) is 4.72. The number of furan rings is 1. The highest BCUT2D eigenvalue weighted by molar-refractivity contribution is 8.26. The van der Waals surface area contributed by atoms with Gasteiger partial charge in [0, 0.05) is 7.05 Å². The summed E-state index contributed by atoms with van der Waals surface area (Å²) in [6.45, 7) is 0. The van der Waals surface area contributed by atoms with E-state index in [1.165, 1.54) is 34.9 Å². The van der Waals surface area contributed by atoms with Crippen molar-refractivity contribution in [2.45, 2.75) is 0 Å². The van der Waals surface area contributed by atoms with Gasteiger partial charge in [-0.1, -0.05) is 30.1 Å². The van der Waals surface area contributed by atoms with Crippen LogP contribution < -0.4 is 0 Å². The van der Waals surface area contributed by atoms with Crippen molar-refractivity contribution in [1.82, 2.24) is 4.90 Å². The fourth-order valence-electron chi connectivity index (χ4n) is 1.32. The molecule has 1 aromatic rings. The van der Waals surface area contributed by atoms with Crippen molar-refractivity contribution in [2.75, 3.05) is 7.05 Å². The molecule has 0 N–H and O–H groups in total. The van der Waals surface area contributed by atoms with Crippen molar-refractivity contribution >= 4 is 46.2 Å². The van der Waals surface area contributed by atoms with Crippen LogP contribution in [0.3, 0.4) is 0 Å². The molecule has 8 heteroatoms. The van der Waals surface area contributed by atoms with Crippen molar-refractivity contribution in [3.63, 3.8) is 0 Å². The maximum atomic E-state index is 11.7. The second-order valence-corrected chi connectivity index (χ2v) is 5.23. The van der Waals surface area contributed by atoms with E-state index in [0.29, 0.717) is 15.0 Å². The summed E-state index contributed by atoms with van der Waals surface area (Å²) in [5.74, 6) is -0.139. The van der Waals surface area contributed by atoms with Crippen LogP contribution in [0.2, 0.25) is 0 Å². The minimum absolute atomic E-state index is 0.162. The number of hydrogen-bond donors (Lipinski definition) is 0. The van der Waals surface area contributed by atoms with Crippen molar-refractivity contribution in [3.05, 3.63) is 45.1 Å². The summed E-state index contributed by atoms with van der Waals surface area (Å²) in [6, 6.07) is 2.75. The molecule has 1 aromatic heterocycles. The number of likely N-dealkylation sites (N-methyl/N-ethyl adjacent to an activating group) is 1. The van der Waals surface area contributed by atoms with Gasteiger partial charge in [-0.2, -0.15) is 0 Å². The van der Waals surface area contributed by atoms with Crippen LogP contribution in [0.25, 0.3) is 6.08 Å². The van der Waals surface area contributed by atoms with Crippen molar-refractivity contribution in [3.8, 4) is 0 Å². The molecule has 0 bridgehead atoms. The zero-order valence-corrected chi connectivity index (χ0v) is 11.4. The Hall–Kier alpha value is -1.93. The van der Waals surface area contributed by atoms with E-state index in [-0.39, 0.29) is 11.8 Å². The molecule has 98 valence electrons. The normalized spacial score (nSPS) is 17.9. The van der Waals surface area contributed by atoms with Crippen LogP contribution in [-0.4, -0.2) is 27.1 Å². The predicted octanol–water partition coefficient (Wildman–Crippen LogP) is 2.58. The Morgan fingerprint density at radius 3 is 2.79 bits per heavy atom.